The molecule has 33 heavy (non-hydrogen) atoms. The van der Waals surface area contributed by atoms with Gasteiger partial charge in [-0.15, -0.1) is 0 Å². The van der Waals surface area contributed by atoms with Gasteiger partial charge in [0, 0.05) is 37.6 Å². The van der Waals surface area contributed by atoms with Crippen LogP contribution in [0.15, 0.2) is 55.2 Å². The monoisotopic (exact) mass is 439 g/mol. The summed E-state index contributed by atoms with van der Waals surface area (Å²) in [5.74, 6) is 0.617. The van der Waals surface area contributed by atoms with Crippen molar-refractivity contribution >= 4 is 28.7 Å². The Morgan fingerprint density at radius 3 is 2.76 bits per heavy atom. The molecule has 0 radical (unpaired) electrons. The smallest absolute Gasteiger partial charge is 0.254 e. The zero-order valence-corrected chi connectivity index (χ0v) is 17.8. The van der Waals surface area contributed by atoms with E-state index >= 15 is 0 Å². The maximum absolute atomic E-state index is 12.7. The van der Waals surface area contributed by atoms with Crippen molar-refractivity contribution < 1.29 is 9.53 Å². The highest BCUT2D eigenvalue weighted by molar-refractivity contribution is 6.06. The number of fused-ring (bicyclic) bond motifs is 2. The highest BCUT2D eigenvalue weighted by Gasteiger charge is 2.49. The number of hydrogen-bond acceptors (Lipinski definition) is 7. The SMILES string of the molecule is O=C1NCc2c(-c3cnc4cnccn34)ccc(Nc3ccc(N4CC5(COC5)C4)cn3)c21. The topological polar surface area (TPSA) is 96.7 Å². The summed E-state index contributed by atoms with van der Waals surface area (Å²) >= 11 is 0. The lowest BCUT2D eigenvalue weighted by Crippen LogP contribution is -2.66. The fraction of sp³-hybridized carbons (Fsp3) is 0.250. The molecule has 164 valence electrons. The largest absolute Gasteiger partial charge is 0.380 e. The Bertz CT molecular complexity index is 1400. The molecule has 9 heteroatoms. The normalized spacial score (nSPS) is 18.1. The predicted octanol–water partition coefficient (Wildman–Crippen LogP) is 2.61. The lowest BCUT2D eigenvalue weighted by Gasteiger charge is -2.55. The molecule has 0 bridgehead atoms. The Kier molecular flexibility index (Phi) is 3.80. The zero-order chi connectivity index (χ0) is 22.0. The van der Waals surface area contributed by atoms with Crippen LogP contribution in [0, 0.1) is 5.41 Å². The van der Waals surface area contributed by atoms with Crippen molar-refractivity contribution in [3.8, 4) is 11.3 Å². The summed E-state index contributed by atoms with van der Waals surface area (Å²) in [6, 6.07) is 8.00. The number of aromatic nitrogens is 4. The first-order chi connectivity index (χ1) is 16.2. The predicted molar refractivity (Wildman–Crippen MR) is 123 cm³/mol. The summed E-state index contributed by atoms with van der Waals surface area (Å²) in [6.45, 7) is 4.26. The molecule has 2 fully saturated rings. The first-order valence-electron chi connectivity index (χ1n) is 11.0. The molecule has 3 aliphatic rings. The van der Waals surface area contributed by atoms with E-state index in [0.29, 0.717) is 23.3 Å². The van der Waals surface area contributed by atoms with Crippen molar-refractivity contribution in [3.05, 3.63) is 66.4 Å². The molecule has 3 aromatic heterocycles. The molecule has 0 aliphatic carbocycles. The lowest BCUT2D eigenvalue weighted by molar-refractivity contribution is -0.127. The van der Waals surface area contributed by atoms with E-state index in [1.165, 1.54) is 0 Å². The Hall–Kier alpha value is -3.98. The summed E-state index contributed by atoms with van der Waals surface area (Å²) in [7, 11) is 0. The highest BCUT2D eigenvalue weighted by Crippen LogP contribution is 2.40. The van der Waals surface area contributed by atoms with Gasteiger partial charge in [-0.3, -0.25) is 14.2 Å². The number of benzene rings is 1. The van der Waals surface area contributed by atoms with Crippen molar-refractivity contribution in [2.45, 2.75) is 6.54 Å². The molecule has 4 aromatic rings. The van der Waals surface area contributed by atoms with E-state index in [1.807, 2.05) is 41.2 Å². The van der Waals surface area contributed by atoms with Crippen LogP contribution >= 0.6 is 0 Å². The van der Waals surface area contributed by atoms with Gasteiger partial charge in [0.25, 0.3) is 5.91 Å². The third kappa shape index (κ3) is 2.82. The van der Waals surface area contributed by atoms with Crippen LogP contribution in [0.25, 0.3) is 16.9 Å². The third-order valence-corrected chi connectivity index (χ3v) is 6.80. The van der Waals surface area contributed by atoms with Gasteiger partial charge in [0.1, 0.15) is 5.82 Å². The first-order valence-corrected chi connectivity index (χ1v) is 11.0. The van der Waals surface area contributed by atoms with Crippen LogP contribution in [-0.4, -0.2) is 51.6 Å². The second-order valence-corrected chi connectivity index (χ2v) is 9.02. The van der Waals surface area contributed by atoms with Gasteiger partial charge < -0.3 is 20.3 Å². The number of pyridine rings is 1. The van der Waals surface area contributed by atoms with Gasteiger partial charge in [0.2, 0.25) is 0 Å². The van der Waals surface area contributed by atoms with E-state index in [2.05, 4.69) is 36.6 Å². The number of rotatable bonds is 4. The van der Waals surface area contributed by atoms with Crippen molar-refractivity contribution in [2.75, 3.05) is 36.5 Å². The summed E-state index contributed by atoms with van der Waals surface area (Å²) in [5.41, 5.74) is 6.49. The van der Waals surface area contributed by atoms with E-state index in [4.69, 9.17) is 4.74 Å². The lowest BCUT2D eigenvalue weighted by atomic mass is 9.78. The van der Waals surface area contributed by atoms with Crippen LogP contribution in [0.2, 0.25) is 0 Å². The van der Waals surface area contributed by atoms with Crippen LogP contribution in [0.5, 0.6) is 0 Å². The van der Waals surface area contributed by atoms with Gasteiger partial charge >= 0.3 is 0 Å². The van der Waals surface area contributed by atoms with Gasteiger partial charge in [-0.1, -0.05) is 6.07 Å². The van der Waals surface area contributed by atoms with E-state index < -0.39 is 0 Å². The van der Waals surface area contributed by atoms with Crippen molar-refractivity contribution in [1.29, 1.82) is 0 Å². The summed E-state index contributed by atoms with van der Waals surface area (Å²) in [6.07, 6.45) is 9.03. The van der Waals surface area contributed by atoms with E-state index in [1.54, 1.807) is 12.4 Å². The van der Waals surface area contributed by atoms with Gasteiger partial charge in [0.15, 0.2) is 5.65 Å². The van der Waals surface area contributed by atoms with E-state index in [0.717, 1.165) is 60.1 Å². The number of anilines is 3. The van der Waals surface area contributed by atoms with Gasteiger partial charge in [-0.2, -0.15) is 0 Å². The molecule has 0 saturated carbocycles. The van der Waals surface area contributed by atoms with Gasteiger partial charge in [-0.05, 0) is 23.8 Å². The summed E-state index contributed by atoms with van der Waals surface area (Å²) < 4.78 is 7.34. The average molecular weight is 439 g/mol. The number of nitrogens with zero attached hydrogens (tertiary/aromatic N) is 5. The number of imidazole rings is 1. The molecular formula is C24H21N7O2. The fourth-order valence-corrected chi connectivity index (χ4v) is 5.04. The minimum absolute atomic E-state index is 0.0879. The zero-order valence-electron chi connectivity index (χ0n) is 17.8. The first kappa shape index (κ1) is 18.6. The average Bonchev–Trinajstić information content (AvgIpc) is 3.38. The molecule has 9 nitrogen and oxygen atoms in total. The fourth-order valence-electron chi connectivity index (χ4n) is 5.04. The Balaban J connectivity index is 1.18. The standard InChI is InChI=1S/C24H21N7O2/c32-23-22-17(8-28-23)16(19-9-27-21-10-25-5-6-31(19)21)2-3-18(22)29-20-4-1-15(7-26-20)30-11-24(12-30)13-33-14-24/h1-7,9-10H,8,11-14H2,(H,26,29)(H,28,32). The number of amides is 1. The number of carbonyl (C=O) groups excluding carboxylic acids is 1. The van der Waals surface area contributed by atoms with Crippen molar-refractivity contribution in [3.63, 3.8) is 0 Å². The number of ether oxygens (including phenoxy) is 1. The maximum atomic E-state index is 12.7. The van der Waals surface area contributed by atoms with Crippen LogP contribution in [0.4, 0.5) is 17.2 Å². The molecule has 6 heterocycles. The second-order valence-electron chi connectivity index (χ2n) is 9.02. The molecule has 2 N–H and O–H groups in total. The van der Waals surface area contributed by atoms with Crippen molar-refractivity contribution in [2.24, 2.45) is 5.41 Å². The van der Waals surface area contributed by atoms with Crippen LogP contribution in [-0.2, 0) is 11.3 Å². The summed E-state index contributed by atoms with van der Waals surface area (Å²) in [4.78, 5) is 28.2. The Morgan fingerprint density at radius 1 is 1.06 bits per heavy atom. The minimum Gasteiger partial charge on any atom is -0.380 e. The molecule has 1 spiro atoms. The Morgan fingerprint density at radius 2 is 1.97 bits per heavy atom. The van der Waals surface area contributed by atoms with Crippen LogP contribution in [0.1, 0.15) is 15.9 Å². The third-order valence-electron chi connectivity index (χ3n) is 6.80. The maximum Gasteiger partial charge on any atom is 0.254 e. The van der Waals surface area contributed by atoms with Crippen molar-refractivity contribution in [1.82, 2.24) is 24.7 Å². The van der Waals surface area contributed by atoms with Gasteiger partial charge in [-0.25, -0.2) is 9.97 Å². The molecular weight excluding hydrogens is 418 g/mol. The molecule has 1 amide bonds. The van der Waals surface area contributed by atoms with E-state index in [-0.39, 0.29) is 5.91 Å². The highest BCUT2D eigenvalue weighted by atomic mass is 16.5. The van der Waals surface area contributed by atoms with Crippen LogP contribution < -0.4 is 15.5 Å². The minimum atomic E-state index is -0.0879. The Labute approximate surface area is 189 Å². The summed E-state index contributed by atoms with van der Waals surface area (Å²) in [5, 5.41) is 6.30. The molecule has 7 rings (SSSR count). The molecule has 2 saturated heterocycles. The molecule has 0 atom stereocenters. The number of carbonyl (C=O) groups is 1. The molecule has 1 aromatic carbocycles. The van der Waals surface area contributed by atoms with E-state index in [9.17, 15) is 4.79 Å². The second kappa shape index (κ2) is 6.76. The molecule has 0 unspecified atom stereocenters. The molecule has 3 aliphatic heterocycles. The number of hydrogen-bond donors (Lipinski definition) is 2. The quantitative estimate of drug-likeness (QED) is 0.505. The van der Waals surface area contributed by atoms with Gasteiger partial charge in [0.05, 0.1) is 59.9 Å². The number of nitrogens with one attached hydrogen (secondary N) is 2. The van der Waals surface area contributed by atoms with Crippen LogP contribution in [0.3, 0.4) is 0 Å².